The average molecular weight is 293 g/mol. The molecule has 2 aliphatic heterocycles. The fourth-order valence-electron chi connectivity index (χ4n) is 3.26. The summed E-state index contributed by atoms with van der Waals surface area (Å²) >= 11 is 0. The predicted octanol–water partition coefficient (Wildman–Crippen LogP) is 1.90. The van der Waals surface area contributed by atoms with Crippen molar-refractivity contribution in [3.8, 4) is 0 Å². The van der Waals surface area contributed by atoms with Crippen LogP contribution in [0.1, 0.15) is 34.1 Å². The fourth-order valence-corrected chi connectivity index (χ4v) is 3.26. The summed E-state index contributed by atoms with van der Waals surface area (Å²) in [6.07, 6.45) is 1.08. The van der Waals surface area contributed by atoms with Gasteiger partial charge in [0.05, 0.1) is 19.2 Å². The number of carbonyl (C=O) groups is 1. The van der Waals surface area contributed by atoms with Crippen LogP contribution in [-0.4, -0.2) is 60.9 Å². The third kappa shape index (κ3) is 3.64. The van der Waals surface area contributed by atoms with Gasteiger partial charge in [-0.25, -0.2) is 0 Å². The zero-order valence-corrected chi connectivity index (χ0v) is 13.8. The van der Waals surface area contributed by atoms with E-state index in [1.807, 2.05) is 14.0 Å². The van der Waals surface area contributed by atoms with Crippen molar-refractivity contribution in [2.45, 2.75) is 40.2 Å². The second-order valence-corrected chi connectivity index (χ2v) is 6.16. The van der Waals surface area contributed by atoms with Crippen molar-refractivity contribution >= 4 is 11.8 Å². The summed E-state index contributed by atoms with van der Waals surface area (Å²) < 4.78 is 5.00. The van der Waals surface area contributed by atoms with Crippen LogP contribution in [0.25, 0.3) is 0 Å². The lowest BCUT2D eigenvalue weighted by molar-refractivity contribution is -0.144. The van der Waals surface area contributed by atoms with Crippen LogP contribution in [0.4, 0.5) is 0 Å². The Balaban J connectivity index is 1.93. The van der Waals surface area contributed by atoms with Crippen molar-refractivity contribution in [3.63, 3.8) is 0 Å². The molecule has 0 unspecified atom stereocenters. The highest BCUT2D eigenvalue weighted by atomic mass is 16.5. The van der Waals surface area contributed by atoms with Gasteiger partial charge in [0.2, 0.25) is 0 Å². The lowest BCUT2D eigenvalue weighted by atomic mass is 10.0. The van der Waals surface area contributed by atoms with Gasteiger partial charge in [-0.1, -0.05) is 0 Å². The number of esters is 1. The molecule has 0 aromatic carbocycles. The lowest BCUT2D eigenvalue weighted by Crippen LogP contribution is -2.34. The molecule has 0 amide bonds. The van der Waals surface area contributed by atoms with Crippen LogP contribution >= 0.6 is 0 Å². The van der Waals surface area contributed by atoms with Gasteiger partial charge >= 0.3 is 5.97 Å². The van der Waals surface area contributed by atoms with E-state index in [2.05, 4.69) is 35.6 Å². The van der Waals surface area contributed by atoms with E-state index in [-0.39, 0.29) is 5.97 Å². The Labute approximate surface area is 127 Å². The summed E-state index contributed by atoms with van der Waals surface area (Å²) in [5.74, 6) is 1.53. The molecule has 0 bridgehead atoms. The zero-order chi connectivity index (χ0) is 15.6. The number of allylic oxidation sites excluding steroid dienone is 1. The van der Waals surface area contributed by atoms with Crippen LogP contribution in [0.5, 0.6) is 0 Å². The number of fused-ring (bicyclic) bond motifs is 1. The van der Waals surface area contributed by atoms with Gasteiger partial charge in [0.25, 0.3) is 0 Å². The summed E-state index contributed by atoms with van der Waals surface area (Å²) in [5.41, 5.74) is 2.82. The van der Waals surface area contributed by atoms with E-state index in [1.165, 1.54) is 11.3 Å². The Kier molecular flexibility index (Phi) is 5.04. The number of carbonyl (C=O) groups excluding carboxylic acids is 1. The molecule has 0 aromatic rings. The van der Waals surface area contributed by atoms with Crippen molar-refractivity contribution < 1.29 is 9.53 Å². The van der Waals surface area contributed by atoms with Crippen molar-refractivity contribution in [2.24, 2.45) is 10.9 Å². The van der Waals surface area contributed by atoms with Crippen molar-refractivity contribution in [3.05, 3.63) is 11.3 Å². The van der Waals surface area contributed by atoms with E-state index < -0.39 is 0 Å². The SMILES string of the molecule is CCOC(=O)CN(C)C[C@@H]1CC2=C(C)[C@H](C)N=C(C)N2C1. The number of rotatable bonds is 5. The minimum atomic E-state index is -0.141. The Morgan fingerprint density at radius 2 is 2.19 bits per heavy atom. The van der Waals surface area contributed by atoms with Crippen molar-refractivity contribution in [1.29, 1.82) is 0 Å². The standard InChI is InChI=1S/C16H27N3O2/c1-6-21-16(20)10-18(5)8-14-7-15-11(2)12(3)17-13(4)19(15)9-14/h12,14H,6-10H2,1-5H3/t12-,14-/m0/s1. The highest BCUT2D eigenvalue weighted by Gasteiger charge is 2.33. The lowest BCUT2D eigenvalue weighted by Gasteiger charge is -2.29. The largest absolute Gasteiger partial charge is 0.465 e. The van der Waals surface area contributed by atoms with Gasteiger partial charge < -0.3 is 9.64 Å². The van der Waals surface area contributed by atoms with Gasteiger partial charge in [-0.2, -0.15) is 0 Å². The molecule has 5 heteroatoms. The van der Waals surface area contributed by atoms with E-state index in [4.69, 9.17) is 4.74 Å². The number of amidine groups is 1. The summed E-state index contributed by atoms with van der Waals surface area (Å²) in [7, 11) is 1.99. The number of hydrogen-bond acceptors (Lipinski definition) is 5. The molecule has 118 valence electrons. The molecule has 1 saturated heterocycles. The Bertz CT molecular complexity index is 470. The number of ether oxygens (including phenoxy) is 1. The summed E-state index contributed by atoms with van der Waals surface area (Å²) in [5, 5.41) is 0. The summed E-state index contributed by atoms with van der Waals surface area (Å²) in [6, 6.07) is 0.298. The molecule has 0 aliphatic carbocycles. The van der Waals surface area contributed by atoms with Gasteiger partial charge in [-0.3, -0.25) is 14.7 Å². The Morgan fingerprint density at radius 1 is 1.48 bits per heavy atom. The molecular formula is C16H27N3O2. The van der Waals surface area contributed by atoms with Gasteiger partial charge in [-0.15, -0.1) is 0 Å². The monoisotopic (exact) mass is 293 g/mol. The first-order chi connectivity index (χ1) is 9.92. The highest BCUT2D eigenvalue weighted by molar-refractivity contribution is 5.83. The van der Waals surface area contributed by atoms with E-state index in [0.29, 0.717) is 25.1 Å². The molecule has 0 N–H and O–H groups in total. The molecule has 0 spiro atoms. The molecule has 2 aliphatic rings. The molecule has 0 aromatic heterocycles. The number of hydrogen-bond donors (Lipinski definition) is 0. The third-order valence-electron chi connectivity index (χ3n) is 4.38. The zero-order valence-electron chi connectivity index (χ0n) is 13.8. The Hall–Kier alpha value is -1.36. The average Bonchev–Trinajstić information content (AvgIpc) is 2.80. The van der Waals surface area contributed by atoms with Crippen molar-refractivity contribution in [2.75, 3.05) is 33.3 Å². The second kappa shape index (κ2) is 6.60. The van der Waals surface area contributed by atoms with Crippen LogP contribution in [0.3, 0.4) is 0 Å². The first kappa shape index (κ1) is 16.0. The van der Waals surface area contributed by atoms with Crippen molar-refractivity contribution in [1.82, 2.24) is 9.80 Å². The molecule has 2 atom stereocenters. The predicted molar refractivity (Wildman–Crippen MR) is 84.2 cm³/mol. The first-order valence-electron chi connectivity index (χ1n) is 7.78. The first-order valence-corrected chi connectivity index (χ1v) is 7.78. The molecule has 21 heavy (non-hydrogen) atoms. The smallest absolute Gasteiger partial charge is 0.320 e. The fraction of sp³-hybridized carbons (Fsp3) is 0.750. The van der Waals surface area contributed by atoms with Crippen LogP contribution < -0.4 is 0 Å². The van der Waals surface area contributed by atoms with Gasteiger partial charge in [0.15, 0.2) is 0 Å². The number of nitrogens with zero attached hydrogens (tertiary/aromatic N) is 3. The van der Waals surface area contributed by atoms with E-state index >= 15 is 0 Å². The summed E-state index contributed by atoms with van der Waals surface area (Å²) in [6.45, 7) is 11.0. The Morgan fingerprint density at radius 3 is 2.86 bits per heavy atom. The molecule has 2 rings (SSSR count). The van der Waals surface area contributed by atoms with E-state index in [9.17, 15) is 4.79 Å². The number of likely N-dealkylation sites (N-methyl/N-ethyl adjacent to an activating group) is 1. The minimum Gasteiger partial charge on any atom is -0.465 e. The van der Waals surface area contributed by atoms with E-state index in [0.717, 1.165) is 25.3 Å². The maximum atomic E-state index is 11.5. The van der Waals surface area contributed by atoms with Crippen LogP contribution in [0, 0.1) is 5.92 Å². The molecule has 2 heterocycles. The highest BCUT2D eigenvalue weighted by Crippen LogP contribution is 2.34. The maximum Gasteiger partial charge on any atom is 0.320 e. The normalized spacial score (nSPS) is 25.2. The van der Waals surface area contributed by atoms with Crippen LogP contribution in [-0.2, 0) is 9.53 Å². The van der Waals surface area contributed by atoms with Crippen LogP contribution in [0.2, 0.25) is 0 Å². The van der Waals surface area contributed by atoms with Gasteiger partial charge in [-0.05, 0) is 52.7 Å². The quantitative estimate of drug-likeness (QED) is 0.726. The minimum absolute atomic E-state index is 0.141. The molecule has 1 fully saturated rings. The molecule has 5 nitrogen and oxygen atoms in total. The van der Waals surface area contributed by atoms with Crippen LogP contribution in [0.15, 0.2) is 16.3 Å². The van der Waals surface area contributed by atoms with E-state index in [1.54, 1.807) is 0 Å². The number of aliphatic imine (C=N–C) groups is 1. The molecule has 0 radical (unpaired) electrons. The molecule has 0 saturated carbocycles. The van der Waals surface area contributed by atoms with Gasteiger partial charge in [0, 0.05) is 18.8 Å². The third-order valence-corrected chi connectivity index (χ3v) is 4.38. The summed E-state index contributed by atoms with van der Waals surface area (Å²) in [4.78, 5) is 20.6. The molecular weight excluding hydrogens is 266 g/mol. The maximum absolute atomic E-state index is 11.5. The van der Waals surface area contributed by atoms with Gasteiger partial charge in [0.1, 0.15) is 5.84 Å². The topological polar surface area (TPSA) is 45.1 Å². The second-order valence-electron chi connectivity index (χ2n) is 6.16.